The Bertz CT molecular complexity index is 618. The van der Waals surface area contributed by atoms with Gasteiger partial charge in [0, 0.05) is 18.7 Å². The minimum Gasteiger partial charge on any atom is -0.376 e. The van der Waals surface area contributed by atoms with Gasteiger partial charge < -0.3 is 10.1 Å². The van der Waals surface area contributed by atoms with Crippen molar-refractivity contribution in [1.82, 2.24) is 10.3 Å². The Kier molecular flexibility index (Phi) is 4.31. The molecule has 2 aromatic rings. The SMILES string of the molecule is Cc1nc(-c2ccccc2)c(C(=O)NCC2CCCO2)s1. The van der Waals surface area contributed by atoms with Gasteiger partial charge in [0.1, 0.15) is 4.88 Å². The van der Waals surface area contributed by atoms with Crippen molar-refractivity contribution in [3.05, 3.63) is 40.2 Å². The minimum atomic E-state index is -0.0602. The van der Waals surface area contributed by atoms with Crippen molar-refractivity contribution < 1.29 is 9.53 Å². The lowest BCUT2D eigenvalue weighted by Gasteiger charge is -2.10. The largest absolute Gasteiger partial charge is 0.376 e. The molecule has 1 unspecified atom stereocenters. The number of benzene rings is 1. The van der Waals surface area contributed by atoms with Crippen LogP contribution in [0.15, 0.2) is 30.3 Å². The standard InChI is InChI=1S/C16H18N2O2S/c1-11-18-14(12-6-3-2-4-7-12)15(21-11)16(19)17-10-13-8-5-9-20-13/h2-4,6-7,13H,5,8-10H2,1H3,(H,17,19). The van der Waals surface area contributed by atoms with Crippen LogP contribution in [-0.2, 0) is 4.74 Å². The molecule has 0 saturated carbocycles. The Morgan fingerprint density at radius 3 is 2.95 bits per heavy atom. The summed E-state index contributed by atoms with van der Waals surface area (Å²) in [6.45, 7) is 3.30. The number of nitrogens with zero attached hydrogens (tertiary/aromatic N) is 1. The van der Waals surface area contributed by atoms with Gasteiger partial charge in [0.25, 0.3) is 5.91 Å². The van der Waals surface area contributed by atoms with Gasteiger partial charge in [-0.2, -0.15) is 0 Å². The number of nitrogens with one attached hydrogen (secondary N) is 1. The van der Waals surface area contributed by atoms with Crippen LogP contribution in [-0.4, -0.2) is 30.1 Å². The summed E-state index contributed by atoms with van der Waals surface area (Å²) in [6.07, 6.45) is 2.26. The third-order valence-corrected chi connectivity index (χ3v) is 4.47. The maximum absolute atomic E-state index is 12.4. The summed E-state index contributed by atoms with van der Waals surface area (Å²) in [4.78, 5) is 17.6. The number of hydrogen-bond acceptors (Lipinski definition) is 4. The summed E-state index contributed by atoms with van der Waals surface area (Å²) in [5.41, 5.74) is 1.74. The van der Waals surface area contributed by atoms with Crippen LogP contribution < -0.4 is 5.32 Å². The van der Waals surface area contributed by atoms with E-state index in [4.69, 9.17) is 4.74 Å². The van der Waals surface area contributed by atoms with Gasteiger partial charge in [-0.05, 0) is 19.8 Å². The van der Waals surface area contributed by atoms with Gasteiger partial charge >= 0.3 is 0 Å². The molecule has 1 aliphatic heterocycles. The minimum absolute atomic E-state index is 0.0602. The molecule has 1 amide bonds. The van der Waals surface area contributed by atoms with E-state index in [-0.39, 0.29) is 12.0 Å². The maximum Gasteiger partial charge on any atom is 0.263 e. The summed E-state index contributed by atoms with van der Waals surface area (Å²) in [7, 11) is 0. The summed E-state index contributed by atoms with van der Waals surface area (Å²) in [5, 5.41) is 3.87. The maximum atomic E-state index is 12.4. The molecule has 21 heavy (non-hydrogen) atoms. The molecule has 1 fully saturated rings. The Labute approximate surface area is 128 Å². The van der Waals surface area contributed by atoms with E-state index in [1.807, 2.05) is 37.3 Å². The summed E-state index contributed by atoms with van der Waals surface area (Å²) in [5.74, 6) is -0.0602. The van der Waals surface area contributed by atoms with Crippen LogP contribution in [0, 0.1) is 6.92 Å². The number of amides is 1. The van der Waals surface area contributed by atoms with Gasteiger partial charge in [0.2, 0.25) is 0 Å². The van der Waals surface area contributed by atoms with Crippen LogP contribution in [0.3, 0.4) is 0 Å². The first-order valence-corrected chi connectivity index (χ1v) is 7.98. The van der Waals surface area contributed by atoms with E-state index in [1.54, 1.807) is 0 Å². The van der Waals surface area contributed by atoms with Crippen LogP contribution in [0.2, 0.25) is 0 Å². The van der Waals surface area contributed by atoms with E-state index in [0.29, 0.717) is 11.4 Å². The molecule has 1 aromatic carbocycles. The Morgan fingerprint density at radius 2 is 2.24 bits per heavy atom. The van der Waals surface area contributed by atoms with Crippen molar-refractivity contribution >= 4 is 17.2 Å². The van der Waals surface area contributed by atoms with Crippen molar-refractivity contribution in [2.75, 3.05) is 13.2 Å². The smallest absolute Gasteiger partial charge is 0.263 e. The second kappa shape index (κ2) is 6.37. The zero-order valence-electron chi connectivity index (χ0n) is 12.0. The predicted octanol–water partition coefficient (Wildman–Crippen LogP) is 3.03. The van der Waals surface area contributed by atoms with Crippen molar-refractivity contribution in [2.45, 2.75) is 25.9 Å². The van der Waals surface area contributed by atoms with Gasteiger partial charge in [-0.1, -0.05) is 30.3 Å². The van der Waals surface area contributed by atoms with Gasteiger partial charge in [0.05, 0.1) is 16.8 Å². The second-order valence-corrected chi connectivity index (χ2v) is 6.32. The lowest BCUT2D eigenvalue weighted by atomic mass is 10.1. The summed E-state index contributed by atoms with van der Waals surface area (Å²) in [6, 6.07) is 9.83. The monoisotopic (exact) mass is 302 g/mol. The molecule has 1 N–H and O–H groups in total. The molecule has 1 atom stereocenters. The molecular weight excluding hydrogens is 284 g/mol. The first-order chi connectivity index (χ1) is 10.2. The van der Waals surface area contributed by atoms with E-state index < -0.39 is 0 Å². The van der Waals surface area contributed by atoms with E-state index in [0.717, 1.165) is 35.7 Å². The zero-order valence-corrected chi connectivity index (χ0v) is 12.8. The van der Waals surface area contributed by atoms with Gasteiger partial charge in [0.15, 0.2) is 0 Å². The molecular formula is C16H18N2O2S. The average Bonchev–Trinajstić information content (AvgIpc) is 3.15. The molecule has 5 heteroatoms. The third-order valence-electron chi connectivity index (χ3n) is 3.50. The highest BCUT2D eigenvalue weighted by atomic mass is 32.1. The Morgan fingerprint density at radius 1 is 1.43 bits per heavy atom. The molecule has 1 saturated heterocycles. The van der Waals surface area contributed by atoms with Crippen molar-refractivity contribution in [3.8, 4) is 11.3 Å². The fourth-order valence-corrected chi connectivity index (χ4v) is 3.32. The van der Waals surface area contributed by atoms with Gasteiger partial charge in [-0.3, -0.25) is 4.79 Å². The van der Waals surface area contributed by atoms with Gasteiger partial charge in [-0.15, -0.1) is 11.3 Å². The number of aryl methyl sites for hydroxylation is 1. The molecule has 0 bridgehead atoms. The van der Waals surface area contributed by atoms with E-state index in [1.165, 1.54) is 11.3 Å². The van der Waals surface area contributed by atoms with Crippen LogP contribution >= 0.6 is 11.3 Å². The fourth-order valence-electron chi connectivity index (χ4n) is 2.46. The number of carbonyl (C=O) groups is 1. The molecule has 2 heterocycles. The van der Waals surface area contributed by atoms with E-state index >= 15 is 0 Å². The molecule has 110 valence electrons. The topological polar surface area (TPSA) is 51.2 Å². The molecule has 4 nitrogen and oxygen atoms in total. The number of thiazole rings is 1. The normalized spacial score (nSPS) is 17.9. The molecule has 0 aliphatic carbocycles. The number of aromatic nitrogens is 1. The quantitative estimate of drug-likeness (QED) is 0.944. The van der Waals surface area contributed by atoms with E-state index in [2.05, 4.69) is 10.3 Å². The lowest BCUT2D eigenvalue weighted by molar-refractivity contribution is 0.0861. The number of rotatable bonds is 4. The highest BCUT2D eigenvalue weighted by Crippen LogP contribution is 2.27. The van der Waals surface area contributed by atoms with Crippen molar-refractivity contribution in [1.29, 1.82) is 0 Å². The third kappa shape index (κ3) is 3.31. The number of ether oxygens (including phenoxy) is 1. The molecule has 0 spiro atoms. The zero-order chi connectivity index (χ0) is 14.7. The van der Waals surface area contributed by atoms with Crippen LogP contribution in [0.5, 0.6) is 0 Å². The van der Waals surface area contributed by atoms with Gasteiger partial charge in [-0.25, -0.2) is 4.98 Å². The molecule has 1 aromatic heterocycles. The van der Waals surface area contributed by atoms with Crippen molar-refractivity contribution in [2.24, 2.45) is 0 Å². The molecule has 0 radical (unpaired) electrons. The first kappa shape index (κ1) is 14.2. The average molecular weight is 302 g/mol. The number of hydrogen-bond donors (Lipinski definition) is 1. The highest BCUT2D eigenvalue weighted by Gasteiger charge is 2.20. The van der Waals surface area contributed by atoms with Crippen LogP contribution in [0.25, 0.3) is 11.3 Å². The fraction of sp³-hybridized carbons (Fsp3) is 0.375. The van der Waals surface area contributed by atoms with E-state index in [9.17, 15) is 4.79 Å². The van der Waals surface area contributed by atoms with Crippen LogP contribution in [0.4, 0.5) is 0 Å². The lowest BCUT2D eigenvalue weighted by Crippen LogP contribution is -2.31. The molecule has 3 rings (SSSR count). The Hall–Kier alpha value is -1.72. The summed E-state index contributed by atoms with van der Waals surface area (Å²) >= 11 is 1.44. The summed E-state index contributed by atoms with van der Waals surface area (Å²) < 4.78 is 5.53. The van der Waals surface area contributed by atoms with Crippen LogP contribution in [0.1, 0.15) is 27.5 Å². The predicted molar refractivity (Wildman–Crippen MR) is 83.6 cm³/mol. The Balaban J connectivity index is 1.76. The first-order valence-electron chi connectivity index (χ1n) is 7.16. The second-order valence-electron chi connectivity index (χ2n) is 5.12. The number of carbonyl (C=O) groups excluding carboxylic acids is 1. The molecule has 1 aliphatic rings. The van der Waals surface area contributed by atoms with Crippen molar-refractivity contribution in [3.63, 3.8) is 0 Å². The highest BCUT2D eigenvalue weighted by molar-refractivity contribution is 7.14.